The van der Waals surface area contributed by atoms with Crippen LogP contribution in [-0.2, 0) is 26.1 Å². The van der Waals surface area contributed by atoms with Crippen molar-refractivity contribution in [1.29, 1.82) is 0 Å². The number of aryl methyl sites for hydroxylation is 1. The predicted octanol–water partition coefficient (Wildman–Crippen LogP) is 2.51. The third kappa shape index (κ3) is 13.2. The largest absolute Gasteiger partial charge is 0.748 e. The van der Waals surface area contributed by atoms with Crippen LogP contribution in [0, 0.1) is 0 Å². The molecule has 0 aliphatic heterocycles. The molecule has 0 fully saturated rings. The second-order valence-corrected chi connectivity index (χ2v) is 8.82. The normalized spacial score (nSPS) is 12.4. The number of benzene rings is 1. The number of allylic oxidation sites excluding steroid dienone is 1. The molecule has 27 heavy (non-hydrogen) atoms. The number of esters is 1. The summed E-state index contributed by atoms with van der Waals surface area (Å²) in [7, 11) is -0.0414. The second-order valence-electron chi connectivity index (χ2n) is 7.30. The number of hydrogen-bond donors (Lipinski definition) is 0. The molecule has 0 amide bonds. The summed E-state index contributed by atoms with van der Waals surface area (Å²) >= 11 is 0. The standard InChI is InChI=1S/C20H31NO5S/c1-21(2,15-8-9-18-27(23,24)25)16-10-17-26-20(22)14-7-6-13-19-11-4-3-5-12-19/h3-5,7,11-12,14H,6,8-10,13,15-18H2,1-2H3/b14-7+. The topological polar surface area (TPSA) is 83.5 Å². The van der Waals surface area contributed by atoms with Gasteiger partial charge in [0.2, 0.25) is 0 Å². The summed E-state index contributed by atoms with van der Waals surface area (Å²) in [6, 6.07) is 10.1. The van der Waals surface area contributed by atoms with E-state index in [1.54, 1.807) is 0 Å². The minimum absolute atomic E-state index is 0.304. The number of nitrogens with zero attached hydrogens (tertiary/aromatic N) is 1. The van der Waals surface area contributed by atoms with Gasteiger partial charge in [0.25, 0.3) is 0 Å². The monoisotopic (exact) mass is 397 g/mol. The van der Waals surface area contributed by atoms with Crippen LogP contribution < -0.4 is 0 Å². The zero-order chi connectivity index (χ0) is 20.2. The average Bonchev–Trinajstić information content (AvgIpc) is 2.60. The summed E-state index contributed by atoms with van der Waals surface area (Å²) in [5, 5.41) is 0. The molecule has 0 radical (unpaired) electrons. The van der Waals surface area contributed by atoms with Gasteiger partial charge >= 0.3 is 5.97 Å². The van der Waals surface area contributed by atoms with E-state index in [0.29, 0.717) is 23.9 Å². The smallest absolute Gasteiger partial charge is 0.330 e. The lowest BCUT2D eigenvalue weighted by Crippen LogP contribution is -2.41. The van der Waals surface area contributed by atoms with Gasteiger partial charge in [-0.25, -0.2) is 13.2 Å². The summed E-state index contributed by atoms with van der Waals surface area (Å²) in [6.45, 7) is 1.95. The maximum absolute atomic E-state index is 11.7. The minimum Gasteiger partial charge on any atom is -0.748 e. The Kier molecular flexibility index (Phi) is 10.3. The highest BCUT2D eigenvalue weighted by molar-refractivity contribution is 7.85. The van der Waals surface area contributed by atoms with E-state index in [-0.39, 0.29) is 11.7 Å². The third-order valence-electron chi connectivity index (χ3n) is 4.26. The highest BCUT2D eigenvalue weighted by Gasteiger charge is 2.14. The number of carbonyl (C=O) groups excluding carboxylic acids is 1. The predicted molar refractivity (Wildman–Crippen MR) is 105 cm³/mol. The van der Waals surface area contributed by atoms with Crippen LogP contribution in [0.1, 0.15) is 31.2 Å². The van der Waals surface area contributed by atoms with E-state index in [1.165, 1.54) is 11.6 Å². The van der Waals surface area contributed by atoms with Gasteiger partial charge in [-0.3, -0.25) is 0 Å². The van der Waals surface area contributed by atoms with Crippen LogP contribution in [0.5, 0.6) is 0 Å². The fraction of sp³-hybridized carbons (Fsp3) is 0.550. The molecule has 1 aromatic carbocycles. The molecular weight excluding hydrogens is 366 g/mol. The van der Waals surface area contributed by atoms with Crippen molar-refractivity contribution in [3.63, 3.8) is 0 Å². The molecular formula is C20H31NO5S. The Morgan fingerprint density at radius 2 is 1.78 bits per heavy atom. The summed E-state index contributed by atoms with van der Waals surface area (Å²) in [5.41, 5.74) is 1.24. The van der Waals surface area contributed by atoms with Crippen molar-refractivity contribution in [3.8, 4) is 0 Å². The molecule has 0 spiro atoms. The first-order valence-electron chi connectivity index (χ1n) is 9.31. The van der Waals surface area contributed by atoms with Crippen LogP contribution in [0.3, 0.4) is 0 Å². The van der Waals surface area contributed by atoms with Crippen molar-refractivity contribution in [2.45, 2.75) is 32.1 Å². The molecule has 0 bridgehead atoms. The fourth-order valence-corrected chi connectivity index (χ4v) is 3.28. The maximum Gasteiger partial charge on any atom is 0.330 e. The van der Waals surface area contributed by atoms with Gasteiger partial charge in [0.15, 0.2) is 0 Å². The first-order chi connectivity index (χ1) is 12.7. The van der Waals surface area contributed by atoms with Crippen molar-refractivity contribution in [1.82, 2.24) is 0 Å². The number of rotatable bonds is 13. The number of ether oxygens (including phenoxy) is 1. The van der Waals surface area contributed by atoms with Crippen LogP contribution in [-0.4, -0.2) is 63.0 Å². The lowest BCUT2D eigenvalue weighted by Gasteiger charge is -2.29. The lowest BCUT2D eigenvalue weighted by molar-refractivity contribution is -0.890. The van der Waals surface area contributed by atoms with E-state index < -0.39 is 10.1 Å². The van der Waals surface area contributed by atoms with Crippen molar-refractivity contribution < 1.29 is 27.0 Å². The van der Waals surface area contributed by atoms with E-state index in [2.05, 4.69) is 12.1 Å². The van der Waals surface area contributed by atoms with Gasteiger partial charge in [-0.2, -0.15) is 0 Å². The van der Waals surface area contributed by atoms with Crippen molar-refractivity contribution in [2.24, 2.45) is 0 Å². The van der Waals surface area contributed by atoms with Crippen molar-refractivity contribution in [2.75, 3.05) is 39.5 Å². The van der Waals surface area contributed by atoms with Gasteiger partial charge in [0.1, 0.15) is 0 Å². The molecule has 0 unspecified atom stereocenters. The molecule has 0 atom stereocenters. The molecule has 1 rings (SSSR count). The SMILES string of the molecule is C[N+](C)(CCCCS(=O)(=O)[O-])CCCOC(=O)/C=C/CCc1ccccc1. The summed E-state index contributed by atoms with van der Waals surface area (Å²) in [4.78, 5) is 11.7. The molecule has 0 aromatic heterocycles. The molecule has 1 aromatic rings. The quantitative estimate of drug-likeness (QED) is 0.168. The summed E-state index contributed by atoms with van der Waals surface area (Å²) in [6.07, 6.45) is 6.79. The van der Waals surface area contributed by atoms with Gasteiger partial charge in [-0.05, 0) is 31.2 Å². The average molecular weight is 398 g/mol. The first-order valence-corrected chi connectivity index (χ1v) is 10.9. The van der Waals surface area contributed by atoms with E-state index in [1.807, 2.05) is 38.4 Å². The zero-order valence-corrected chi connectivity index (χ0v) is 17.1. The van der Waals surface area contributed by atoms with Crippen molar-refractivity contribution >= 4 is 16.1 Å². The minimum atomic E-state index is -4.12. The fourth-order valence-electron chi connectivity index (χ4n) is 2.72. The van der Waals surface area contributed by atoms with Crippen molar-refractivity contribution in [3.05, 3.63) is 48.0 Å². The maximum atomic E-state index is 11.7. The lowest BCUT2D eigenvalue weighted by atomic mass is 10.1. The van der Waals surface area contributed by atoms with E-state index >= 15 is 0 Å². The molecule has 0 heterocycles. The Labute approximate surface area is 163 Å². The Bertz CT molecular complexity index is 684. The Morgan fingerprint density at radius 1 is 1.11 bits per heavy atom. The van der Waals surface area contributed by atoms with Crippen LogP contribution >= 0.6 is 0 Å². The van der Waals surface area contributed by atoms with E-state index in [0.717, 1.165) is 32.4 Å². The van der Waals surface area contributed by atoms with Gasteiger partial charge in [0.05, 0.1) is 43.9 Å². The summed E-state index contributed by atoms with van der Waals surface area (Å²) in [5.74, 6) is -0.629. The van der Waals surface area contributed by atoms with E-state index in [4.69, 9.17) is 4.74 Å². The molecule has 152 valence electrons. The molecule has 0 saturated carbocycles. The second kappa shape index (κ2) is 11.9. The Morgan fingerprint density at radius 3 is 2.44 bits per heavy atom. The molecule has 7 heteroatoms. The number of carbonyl (C=O) groups is 1. The molecule has 0 aliphatic carbocycles. The molecule has 0 N–H and O–H groups in total. The molecule has 0 aliphatic rings. The van der Waals surface area contributed by atoms with Gasteiger partial charge in [-0.1, -0.05) is 36.4 Å². The Balaban J connectivity index is 2.11. The van der Waals surface area contributed by atoms with Crippen LogP contribution in [0.15, 0.2) is 42.5 Å². The zero-order valence-electron chi connectivity index (χ0n) is 16.3. The van der Waals surface area contributed by atoms with Gasteiger partial charge in [-0.15, -0.1) is 0 Å². The number of quaternary nitrogens is 1. The number of hydrogen-bond acceptors (Lipinski definition) is 5. The van der Waals surface area contributed by atoms with Crippen LogP contribution in [0.25, 0.3) is 0 Å². The van der Waals surface area contributed by atoms with Gasteiger partial charge < -0.3 is 13.8 Å². The summed E-state index contributed by atoms with van der Waals surface area (Å²) < 4.78 is 37.6. The Hall–Kier alpha value is -1.70. The van der Waals surface area contributed by atoms with Crippen LogP contribution in [0.2, 0.25) is 0 Å². The number of unbranched alkanes of at least 4 members (excludes halogenated alkanes) is 1. The molecule has 0 saturated heterocycles. The van der Waals surface area contributed by atoms with E-state index in [9.17, 15) is 17.8 Å². The van der Waals surface area contributed by atoms with Gasteiger partial charge in [0, 0.05) is 18.2 Å². The highest BCUT2D eigenvalue weighted by atomic mass is 32.2. The highest BCUT2D eigenvalue weighted by Crippen LogP contribution is 2.05. The van der Waals surface area contributed by atoms with Crippen LogP contribution in [0.4, 0.5) is 0 Å². The molecule has 6 nitrogen and oxygen atoms in total. The third-order valence-corrected chi connectivity index (χ3v) is 5.04. The first kappa shape index (κ1) is 23.3.